The zero-order valence-electron chi connectivity index (χ0n) is 9.56. The number of nitrogens with zero attached hydrogens (tertiary/aromatic N) is 1. The van der Waals surface area contributed by atoms with Crippen molar-refractivity contribution in [2.75, 3.05) is 6.54 Å². The van der Waals surface area contributed by atoms with Crippen molar-refractivity contribution in [3.63, 3.8) is 0 Å². The fourth-order valence-electron chi connectivity index (χ4n) is 2.40. The van der Waals surface area contributed by atoms with Crippen molar-refractivity contribution in [2.24, 2.45) is 5.92 Å². The highest BCUT2D eigenvalue weighted by atomic mass is 16.6. The van der Waals surface area contributed by atoms with Crippen LogP contribution in [0.5, 0.6) is 0 Å². The Morgan fingerprint density at radius 2 is 2.13 bits per heavy atom. The number of hydrogen-bond acceptors (Lipinski definition) is 3. The number of aliphatic hydroxyl groups excluding tert-OH is 1. The van der Waals surface area contributed by atoms with Gasteiger partial charge in [0, 0.05) is 18.5 Å². The van der Waals surface area contributed by atoms with Gasteiger partial charge in [-0.3, -0.25) is 0 Å². The Balaban J connectivity index is 1.93. The molecule has 4 nitrogen and oxygen atoms in total. The van der Waals surface area contributed by atoms with Gasteiger partial charge in [0.1, 0.15) is 5.60 Å². The fourth-order valence-corrected chi connectivity index (χ4v) is 2.40. The van der Waals surface area contributed by atoms with E-state index in [4.69, 9.17) is 4.74 Å². The molecule has 1 aliphatic heterocycles. The van der Waals surface area contributed by atoms with E-state index in [0.29, 0.717) is 6.42 Å². The van der Waals surface area contributed by atoms with Gasteiger partial charge in [0.05, 0.1) is 6.10 Å². The van der Waals surface area contributed by atoms with Crippen molar-refractivity contribution in [1.82, 2.24) is 4.90 Å². The van der Waals surface area contributed by atoms with Gasteiger partial charge in [-0.15, -0.1) is 0 Å². The fraction of sp³-hybridized carbons (Fsp3) is 0.909. The molecule has 0 radical (unpaired) electrons. The van der Waals surface area contributed by atoms with Crippen molar-refractivity contribution in [3.05, 3.63) is 0 Å². The monoisotopic (exact) mass is 213 g/mol. The number of rotatable bonds is 0. The van der Waals surface area contributed by atoms with Crippen LogP contribution in [-0.4, -0.2) is 40.4 Å². The molecule has 0 aromatic heterocycles. The molecule has 1 heterocycles. The van der Waals surface area contributed by atoms with Crippen molar-refractivity contribution >= 4 is 6.09 Å². The zero-order chi connectivity index (χ0) is 11.2. The minimum atomic E-state index is -0.433. The Morgan fingerprint density at radius 1 is 1.47 bits per heavy atom. The van der Waals surface area contributed by atoms with Gasteiger partial charge in [0.15, 0.2) is 0 Å². The number of aliphatic hydroxyl groups is 1. The maximum absolute atomic E-state index is 11.8. The molecule has 1 amide bonds. The van der Waals surface area contributed by atoms with Crippen LogP contribution in [0.2, 0.25) is 0 Å². The third kappa shape index (κ3) is 1.95. The van der Waals surface area contributed by atoms with Crippen LogP contribution in [0.1, 0.15) is 33.6 Å². The van der Waals surface area contributed by atoms with E-state index in [9.17, 15) is 9.90 Å². The summed E-state index contributed by atoms with van der Waals surface area (Å²) >= 11 is 0. The SMILES string of the molecule is CC(C)(C)OC(=O)N1CCC2C(O)CC21. The molecule has 86 valence electrons. The molecule has 1 saturated carbocycles. The largest absolute Gasteiger partial charge is 0.444 e. The smallest absolute Gasteiger partial charge is 0.410 e. The summed E-state index contributed by atoms with van der Waals surface area (Å²) in [5.74, 6) is 0.289. The maximum atomic E-state index is 11.8. The Morgan fingerprint density at radius 3 is 2.60 bits per heavy atom. The second kappa shape index (κ2) is 3.37. The number of carbonyl (C=O) groups is 1. The molecule has 0 bridgehead atoms. The predicted molar refractivity (Wildman–Crippen MR) is 55.5 cm³/mol. The van der Waals surface area contributed by atoms with Gasteiger partial charge >= 0.3 is 6.09 Å². The number of amides is 1. The van der Waals surface area contributed by atoms with Crippen LogP contribution in [0, 0.1) is 5.92 Å². The minimum absolute atomic E-state index is 0.206. The van der Waals surface area contributed by atoms with Crippen LogP contribution in [0.4, 0.5) is 4.79 Å². The minimum Gasteiger partial charge on any atom is -0.444 e. The Hall–Kier alpha value is -0.770. The maximum Gasteiger partial charge on any atom is 0.410 e. The van der Waals surface area contributed by atoms with Gasteiger partial charge in [-0.1, -0.05) is 0 Å². The molecule has 4 heteroatoms. The molecule has 0 spiro atoms. The number of carbonyl (C=O) groups excluding carboxylic acids is 1. The number of likely N-dealkylation sites (tertiary alicyclic amines) is 1. The molecule has 2 fully saturated rings. The van der Waals surface area contributed by atoms with Gasteiger partial charge in [-0.2, -0.15) is 0 Å². The lowest BCUT2D eigenvalue weighted by Gasteiger charge is -2.40. The van der Waals surface area contributed by atoms with E-state index in [-0.39, 0.29) is 24.2 Å². The highest BCUT2D eigenvalue weighted by Gasteiger charge is 2.50. The van der Waals surface area contributed by atoms with Gasteiger partial charge < -0.3 is 14.7 Å². The summed E-state index contributed by atoms with van der Waals surface area (Å²) in [6.07, 6.45) is 1.18. The Kier molecular flexibility index (Phi) is 2.41. The molecular weight excluding hydrogens is 194 g/mol. The first-order valence-corrected chi connectivity index (χ1v) is 5.56. The van der Waals surface area contributed by atoms with Crippen molar-refractivity contribution in [3.8, 4) is 0 Å². The van der Waals surface area contributed by atoms with E-state index in [1.54, 1.807) is 4.90 Å². The van der Waals surface area contributed by atoms with E-state index in [1.165, 1.54) is 0 Å². The van der Waals surface area contributed by atoms with Gasteiger partial charge in [-0.25, -0.2) is 4.79 Å². The predicted octanol–water partition coefficient (Wildman–Crippen LogP) is 1.38. The molecular formula is C11H19NO3. The number of fused-ring (bicyclic) bond motifs is 1. The first-order chi connectivity index (χ1) is 6.88. The molecule has 3 atom stereocenters. The first kappa shape index (κ1) is 10.7. The van der Waals surface area contributed by atoms with E-state index in [0.717, 1.165) is 13.0 Å². The average molecular weight is 213 g/mol. The molecule has 0 aromatic rings. The van der Waals surface area contributed by atoms with Crippen LogP contribution in [-0.2, 0) is 4.74 Å². The summed E-state index contributed by atoms with van der Waals surface area (Å²) in [5, 5.41) is 9.47. The van der Waals surface area contributed by atoms with Gasteiger partial charge in [0.2, 0.25) is 0 Å². The van der Waals surface area contributed by atoms with Crippen LogP contribution in [0.3, 0.4) is 0 Å². The second-order valence-corrected chi connectivity index (χ2v) is 5.50. The molecule has 1 N–H and O–H groups in total. The molecule has 1 saturated heterocycles. The molecule has 2 aliphatic rings. The normalized spacial score (nSPS) is 34.7. The topological polar surface area (TPSA) is 49.8 Å². The summed E-state index contributed by atoms with van der Waals surface area (Å²) in [4.78, 5) is 13.5. The van der Waals surface area contributed by atoms with Crippen molar-refractivity contribution in [1.29, 1.82) is 0 Å². The van der Waals surface area contributed by atoms with Crippen LogP contribution >= 0.6 is 0 Å². The van der Waals surface area contributed by atoms with Gasteiger partial charge in [0.25, 0.3) is 0 Å². The highest BCUT2D eigenvalue weighted by molar-refractivity contribution is 5.69. The quantitative estimate of drug-likeness (QED) is 0.661. The molecule has 15 heavy (non-hydrogen) atoms. The summed E-state index contributed by atoms with van der Waals surface area (Å²) in [6, 6.07) is 0.217. The molecule has 0 aromatic carbocycles. The third-order valence-electron chi connectivity index (χ3n) is 3.20. The van der Waals surface area contributed by atoms with Crippen LogP contribution in [0.15, 0.2) is 0 Å². The lowest BCUT2D eigenvalue weighted by atomic mass is 9.77. The standard InChI is InChI=1S/C11H19NO3/c1-11(2,3)15-10(14)12-5-4-7-8(12)6-9(7)13/h7-9,13H,4-6H2,1-3H3. The van der Waals surface area contributed by atoms with E-state index in [2.05, 4.69) is 0 Å². The number of hydrogen-bond donors (Lipinski definition) is 1. The average Bonchev–Trinajstić information content (AvgIpc) is 2.38. The summed E-state index contributed by atoms with van der Waals surface area (Å²) in [5.41, 5.74) is -0.433. The highest BCUT2D eigenvalue weighted by Crippen LogP contribution is 2.41. The zero-order valence-corrected chi connectivity index (χ0v) is 9.56. The van der Waals surface area contributed by atoms with Crippen LogP contribution in [0.25, 0.3) is 0 Å². The Bertz CT molecular complexity index is 271. The second-order valence-electron chi connectivity index (χ2n) is 5.50. The van der Waals surface area contributed by atoms with Gasteiger partial charge in [-0.05, 0) is 33.6 Å². The van der Waals surface area contributed by atoms with E-state index < -0.39 is 5.60 Å². The molecule has 2 rings (SSSR count). The van der Waals surface area contributed by atoms with Crippen molar-refractivity contribution < 1.29 is 14.6 Å². The van der Waals surface area contributed by atoms with Crippen LogP contribution < -0.4 is 0 Å². The lowest BCUT2D eigenvalue weighted by molar-refractivity contribution is -0.0330. The molecule has 3 unspecified atom stereocenters. The Labute approximate surface area is 90.2 Å². The summed E-state index contributed by atoms with van der Waals surface area (Å²) < 4.78 is 5.31. The van der Waals surface area contributed by atoms with Crippen molar-refractivity contribution in [2.45, 2.75) is 51.4 Å². The lowest BCUT2D eigenvalue weighted by Crippen LogP contribution is -2.51. The third-order valence-corrected chi connectivity index (χ3v) is 3.20. The van der Waals surface area contributed by atoms with E-state index in [1.807, 2.05) is 20.8 Å². The molecule has 1 aliphatic carbocycles. The summed E-state index contributed by atoms with van der Waals surface area (Å²) in [6.45, 7) is 6.33. The van der Waals surface area contributed by atoms with E-state index >= 15 is 0 Å². The summed E-state index contributed by atoms with van der Waals surface area (Å²) in [7, 11) is 0. The number of ether oxygens (including phenoxy) is 1. The first-order valence-electron chi connectivity index (χ1n) is 5.56.